The minimum atomic E-state index is -0.0396. The Hall–Kier alpha value is -1.07. The summed E-state index contributed by atoms with van der Waals surface area (Å²) in [6.45, 7) is 0.765. The zero-order valence-electron chi connectivity index (χ0n) is 10.9. The van der Waals surface area contributed by atoms with Crippen molar-refractivity contribution < 1.29 is 4.74 Å². The van der Waals surface area contributed by atoms with Gasteiger partial charge in [-0.25, -0.2) is 9.97 Å². The van der Waals surface area contributed by atoms with E-state index in [0.29, 0.717) is 28.5 Å². The second-order valence-corrected chi connectivity index (χ2v) is 5.62. The van der Waals surface area contributed by atoms with Gasteiger partial charge in [-0.1, -0.05) is 24.4 Å². The molecule has 6 heteroatoms. The number of nitrogens with zero attached hydrogens (tertiary/aromatic N) is 2. The lowest BCUT2D eigenvalue weighted by Crippen LogP contribution is -2.18. The molecule has 104 valence electrons. The van der Waals surface area contributed by atoms with Gasteiger partial charge in [-0.05, 0) is 25.7 Å². The molecule has 0 radical (unpaired) electrons. The molecule has 1 aromatic rings. The van der Waals surface area contributed by atoms with E-state index >= 15 is 0 Å². The lowest BCUT2D eigenvalue weighted by Gasteiger charge is -2.17. The predicted octanol–water partition coefficient (Wildman–Crippen LogP) is 2.92. The van der Waals surface area contributed by atoms with Crippen LogP contribution < -0.4 is 11.1 Å². The number of ether oxygens (including phenoxy) is 1. The molecule has 1 saturated carbocycles. The van der Waals surface area contributed by atoms with Crippen molar-refractivity contribution in [3.8, 4) is 0 Å². The summed E-state index contributed by atoms with van der Waals surface area (Å²) in [5, 5.41) is 3.72. The molecule has 5 nitrogen and oxygen atoms in total. The smallest absolute Gasteiger partial charge is 0.161 e. The Morgan fingerprint density at radius 3 is 2.63 bits per heavy atom. The summed E-state index contributed by atoms with van der Waals surface area (Å²) in [5.74, 6) is 1.31. The number of hydrogen-bond donors (Lipinski definition) is 2. The van der Waals surface area contributed by atoms with Gasteiger partial charge in [0.25, 0.3) is 0 Å². The van der Waals surface area contributed by atoms with E-state index in [1.54, 1.807) is 0 Å². The Balaban J connectivity index is 1.84. The molecule has 0 bridgehead atoms. The van der Waals surface area contributed by atoms with E-state index in [0.717, 1.165) is 32.3 Å². The summed E-state index contributed by atoms with van der Waals surface area (Å²) in [6.07, 6.45) is 6.79. The van der Waals surface area contributed by atoms with E-state index in [9.17, 15) is 0 Å². The summed E-state index contributed by atoms with van der Waals surface area (Å²) >= 11 is 6.11. The maximum absolute atomic E-state index is 6.11. The molecule has 1 aliphatic carbocycles. The molecule has 2 aliphatic rings. The number of rotatable bonds is 3. The summed E-state index contributed by atoms with van der Waals surface area (Å²) in [5.41, 5.74) is 6.41. The van der Waals surface area contributed by atoms with Crippen molar-refractivity contribution in [3.63, 3.8) is 0 Å². The predicted molar refractivity (Wildman–Crippen MR) is 75.3 cm³/mol. The van der Waals surface area contributed by atoms with Crippen LogP contribution in [0.1, 0.15) is 50.5 Å². The van der Waals surface area contributed by atoms with E-state index < -0.39 is 0 Å². The van der Waals surface area contributed by atoms with Crippen LogP contribution in [-0.4, -0.2) is 22.6 Å². The third-order valence-corrected chi connectivity index (χ3v) is 4.12. The molecule has 1 saturated heterocycles. The Morgan fingerprint density at radius 2 is 1.95 bits per heavy atom. The molecule has 2 heterocycles. The highest BCUT2D eigenvalue weighted by Gasteiger charge is 2.24. The lowest BCUT2D eigenvalue weighted by molar-refractivity contribution is 0.105. The zero-order chi connectivity index (χ0) is 13.2. The van der Waals surface area contributed by atoms with Crippen molar-refractivity contribution >= 4 is 23.1 Å². The number of aromatic nitrogens is 2. The number of hydrogen-bond acceptors (Lipinski definition) is 5. The van der Waals surface area contributed by atoms with E-state index in [1.807, 2.05) is 0 Å². The lowest BCUT2D eigenvalue weighted by atomic mass is 10.2. The fourth-order valence-corrected chi connectivity index (χ4v) is 2.93. The quantitative estimate of drug-likeness (QED) is 0.834. The monoisotopic (exact) mass is 282 g/mol. The average molecular weight is 283 g/mol. The standard InChI is InChI=1S/C13H19ClN4O/c14-11-10(15)13(16-8-4-1-2-5-8)18-12(17-11)9-6-3-7-19-9/h8-9H,1-7,15H2,(H,16,17,18). The number of halogens is 1. The Kier molecular flexibility index (Phi) is 3.75. The van der Waals surface area contributed by atoms with Crippen LogP contribution in [0.15, 0.2) is 0 Å². The van der Waals surface area contributed by atoms with E-state index in [1.165, 1.54) is 12.8 Å². The van der Waals surface area contributed by atoms with Gasteiger partial charge in [0.1, 0.15) is 11.8 Å². The van der Waals surface area contributed by atoms with Gasteiger partial charge in [0.15, 0.2) is 16.8 Å². The average Bonchev–Trinajstić information content (AvgIpc) is 3.07. The second-order valence-electron chi connectivity index (χ2n) is 5.26. The van der Waals surface area contributed by atoms with Gasteiger partial charge < -0.3 is 15.8 Å². The maximum Gasteiger partial charge on any atom is 0.161 e. The highest BCUT2D eigenvalue weighted by molar-refractivity contribution is 6.32. The molecule has 3 rings (SSSR count). The van der Waals surface area contributed by atoms with Crippen molar-refractivity contribution in [2.75, 3.05) is 17.7 Å². The Morgan fingerprint density at radius 1 is 1.16 bits per heavy atom. The first-order valence-corrected chi connectivity index (χ1v) is 7.33. The molecule has 2 fully saturated rings. The highest BCUT2D eigenvalue weighted by atomic mass is 35.5. The topological polar surface area (TPSA) is 73.1 Å². The number of anilines is 2. The first kappa shape index (κ1) is 12.9. The van der Waals surface area contributed by atoms with Gasteiger partial charge in [-0.15, -0.1) is 0 Å². The third kappa shape index (κ3) is 2.77. The van der Waals surface area contributed by atoms with Crippen molar-refractivity contribution in [3.05, 3.63) is 11.0 Å². The second kappa shape index (κ2) is 5.51. The van der Waals surface area contributed by atoms with Gasteiger partial charge in [-0.2, -0.15) is 0 Å². The fourth-order valence-electron chi connectivity index (χ4n) is 2.76. The van der Waals surface area contributed by atoms with Gasteiger partial charge >= 0.3 is 0 Å². The molecular formula is C13H19ClN4O. The maximum atomic E-state index is 6.11. The first-order valence-electron chi connectivity index (χ1n) is 6.95. The zero-order valence-corrected chi connectivity index (χ0v) is 11.6. The van der Waals surface area contributed by atoms with Crippen LogP contribution in [0, 0.1) is 0 Å². The van der Waals surface area contributed by atoms with Gasteiger partial charge in [0, 0.05) is 12.6 Å². The van der Waals surface area contributed by atoms with Crippen LogP contribution in [0.5, 0.6) is 0 Å². The minimum absolute atomic E-state index is 0.0396. The molecule has 0 aromatic carbocycles. The van der Waals surface area contributed by atoms with E-state index in [4.69, 9.17) is 22.1 Å². The molecule has 3 N–H and O–H groups in total. The van der Waals surface area contributed by atoms with Crippen molar-refractivity contribution in [2.24, 2.45) is 0 Å². The summed E-state index contributed by atoms with van der Waals surface area (Å²) in [7, 11) is 0. The summed E-state index contributed by atoms with van der Waals surface area (Å²) < 4.78 is 5.61. The molecule has 1 atom stereocenters. The van der Waals surface area contributed by atoms with Crippen LogP contribution in [0.4, 0.5) is 11.5 Å². The molecule has 1 unspecified atom stereocenters. The van der Waals surface area contributed by atoms with Crippen LogP contribution in [0.3, 0.4) is 0 Å². The van der Waals surface area contributed by atoms with E-state index in [-0.39, 0.29) is 6.10 Å². The summed E-state index contributed by atoms with van der Waals surface area (Å²) in [6, 6.07) is 0.450. The number of nitrogens with two attached hydrogens (primary N) is 1. The first-order chi connectivity index (χ1) is 9.24. The normalized spacial score (nSPS) is 23.9. The van der Waals surface area contributed by atoms with E-state index in [2.05, 4.69) is 15.3 Å². The van der Waals surface area contributed by atoms with Crippen LogP contribution >= 0.6 is 11.6 Å². The molecule has 19 heavy (non-hydrogen) atoms. The molecule has 1 aliphatic heterocycles. The highest BCUT2D eigenvalue weighted by Crippen LogP contribution is 2.32. The Bertz CT molecular complexity index is 456. The van der Waals surface area contributed by atoms with Crippen molar-refractivity contribution in [1.82, 2.24) is 9.97 Å². The minimum Gasteiger partial charge on any atom is -0.393 e. The van der Waals surface area contributed by atoms with Crippen molar-refractivity contribution in [1.29, 1.82) is 0 Å². The van der Waals surface area contributed by atoms with Gasteiger partial charge in [-0.3, -0.25) is 0 Å². The van der Waals surface area contributed by atoms with Gasteiger partial charge in [0.2, 0.25) is 0 Å². The number of nitrogen functional groups attached to an aromatic ring is 1. The molecule has 0 amide bonds. The molecule has 1 aromatic heterocycles. The fraction of sp³-hybridized carbons (Fsp3) is 0.692. The van der Waals surface area contributed by atoms with Crippen LogP contribution in [0.2, 0.25) is 5.15 Å². The van der Waals surface area contributed by atoms with Crippen molar-refractivity contribution in [2.45, 2.75) is 50.7 Å². The third-order valence-electron chi connectivity index (χ3n) is 3.83. The molecular weight excluding hydrogens is 264 g/mol. The largest absolute Gasteiger partial charge is 0.393 e. The SMILES string of the molecule is Nc1c(Cl)nc(C2CCCO2)nc1NC1CCCC1. The summed E-state index contributed by atoms with van der Waals surface area (Å²) in [4.78, 5) is 8.78. The van der Waals surface area contributed by atoms with Gasteiger partial charge in [0.05, 0.1) is 0 Å². The Labute approximate surface area is 117 Å². The molecule has 0 spiro atoms. The van der Waals surface area contributed by atoms with Crippen LogP contribution in [0.25, 0.3) is 0 Å². The number of nitrogens with one attached hydrogen (secondary N) is 1. The van der Waals surface area contributed by atoms with Crippen LogP contribution in [-0.2, 0) is 4.74 Å².